The number of ketones is 1. The van der Waals surface area contributed by atoms with Gasteiger partial charge in [-0.2, -0.15) is 9.67 Å². The molecule has 156 valence electrons. The first-order valence-electron chi connectivity index (χ1n) is 10.5. The Kier molecular flexibility index (Phi) is 5.73. The van der Waals surface area contributed by atoms with Crippen molar-refractivity contribution in [2.75, 3.05) is 0 Å². The van der Waals surface area contributed by atoms with Gasteiger partial charge in [-0.3, -0.25) is 4.79 Å². The summed E-state index contributed by atoms with van der Waals surface area (Å²) in [5, 5.41) is 6.86. The molecule has 0 spiro atoms. The summed E-state index contributed by atoms with van der Waals surface area (Å²) < 4.78 is 3.93. The molecule has 0 fully saturated rings. The molecule has 0 saturated carbocycles. The number of thiophene rings is 1. The summed E-state index contributed by atoms with van der Waals surface area (Å²) in [5.41, 5.74) is 5.25. The smallest absolute Gasteiger partial charge is 0.237 e. The number of benzene rings is 2. The zero-order valence-corrected chi connectivity index (χ0v) is 18.3. The van der Waals surface area contributed by atoms with Gasteiger partial charge >= 0.3 is 0 Å². The topological polar surface area (TPSA) is 38.8 Å². The highest BCUT2D eigenvalue weighted by atomic mass is 32.1. The molecule has 32 heavy (non-hydrogen) atoms. The lowest BCUT2D eigenvalue weighted by molar-refractivity contribution is -0.682. The first-order valence-corrected chi connectivity index (χ1v) is 11.4. The Morgan fingerprint density at radius 1 is 0.906 bits per heavy atom. The summed E-state index contributed by atoms with van der Waals surface area (Å²) >= 11 is 1.48. The SMILES string of the molecule is O=C(C[n+]1cccc(-c2cc(Cc3ccccc3)nn2-c2ccccc2)c1)c1cccs1. The van der Waals surface area contributed by atoms with E-state index in [1.165, 1.54) is 16.9 Å². The number of aromatic nitrogens is 3. The zero-order valence-electron chi connectivity index (χ0n) is 17.5. The van der Waals surface area contributed by atoms with Gasteiger partial charge < -0.3 is 0 Å². The minimum Gasteiger partial charge on any atom is -0.286 e. The van der Waals surface area contributed by atoms with Crippen LogP contribution in [0, 0.1) is 0 Å². The molecule has 3 heterocycles. The van der Waals surface area contributed by atoms with E-state index in [1.807, 2.05) is 69.5 Å². The van der Waals surface area contributed by atoms with E-state index in [-0.39, 0.29) is 5.78 Å². The van der Waals surface area contributed by atoms with Crippen LogP contribution in [0.15, 0.2) is 109 Å². The van der Waals surface area contributed by atoms with Gasteiger partial charge in [-0.05, 0) is 41.3 Å². The van der Waals surface area contributed by atoms with Crippen molar-refractivity contribution in [1.82, 2.24) is 9.78 Å². The second-order valence-electron chi connectivity index (χ2n) is 7.60. The molecule has 0 aliphatic carbocycles. The van der Waals surface area contributed by atoms with E-state index in [1.54, 1.807) is 0 Å². The lowest BCUT2D eigenvalue weighted by Gasteiger charge is -2.07. The van der Waals surface area contributed by atoms with Gasteiger partial charge in [0.2, 0.25) is 12.3 Å². The van der Waals surface area contributed by atoms with Crippen molar-refractivity contribution in [2.24, 2.45) is 0 Å². The quantitative estimate of drug-likeness (QED) is 0.254. The largest absolute Gasteiger partial charge is 0.286 e. The molecule has 0 aliphatic rings. The number of para-hydroxylation sites is 1. The number of pyridine rings is 1. The van der Waals surface area contributed by atoms with Crippen LogP contribution in [0.5, 0.6) is 0 Å². The molecule has 0 amide bonds. The average Bonchev–Trinajstić information content (AvgIpc) is 3.51. The van der Waals surface area contributed by atoms with Crippen molar-refractivity contribution in [3.8, 4) is 16.9 Å². The molecule has 0 atom stereocenters. The standard InChI is InChI=1S/C27H22N3OS/c31-26(27-14-8-16-32-27)20-29-15-7-11-22(19-29)25-18-23(17-21-9-3-1-4-10-21)28-30(25)24-12-5-2-6-13-24/h1-16,18-19H,17,20H2/q+1. The molecular weight excluding hydrogens is 414 g/mol. The van der Waals surface area contributed by atoms with Crippen LogP contribution in [0.4, 0.5) is 0 Å². The van der Waals surface area contributed by atoms with Gasteiger partial charge in [-0.15, -0.1) is 11.3 Å². The Hall–Kier alpha value is -3.83. The number of carbonyl (C=O) groups is 1. The van der Waals surface area contributed by atoms with E-state index >= 15 is 0 Å². The highest BCUT2D eigenvalue weighted by Crippen LogP contribution is 2.24. The first kappa shape index (κ1) is 20.1. The summed E-state index contributed by atoms with van der Waals surface area (Å²) in [6.45, 7) is 0.310. The fourth-order valence-corrected chi connectivity index (χ4v) is 4.40. The summed E-state index contributed by atoms with van der Waals surface area (Å²) in [4.78, 5) is 13.4. The number of hydrogen-bond acceptors (Lipinski definition) is 3. The van der Waals surface area contributed by atoms with Gasteiger partial charge in [-0.25, -0.2) is 4.68 Å². The first-order chi connectivity index (χ1) is 15.8. The third-order valence-electron chi connectivity index (χ3n) is 5.26. The molecule has 0 unspecified atom stereocenters. The van der Waals surface area contributed by atoms with Crippen molar-refractivity contribution in [3.63, 3.8) is 0 Å². The van der Waals surface area contributed by atoms with E-state index in [0.717, 1.165) is 33.9 Å². The predicted octanol–water partition coefficient (Wildman–Crippen LogP) is 5.36. The van der Waals surface area contributed by atoms with Crippen LogP contribution in [-0.2, 0) is 13.0 Å². The second kappa shape index (κ2) is 9.12. The van der Waals surface area contributed by atoms with Gasteiger partial charge in [0.25, 0.3) is 0 Å². The van der Waals surface area contributed by atoms with Crippen LogP contribution in [-0.4, -0.2) is 15.6 Å². The molecule has 4 nitrogen and oxygen atoms in total. The van der Waals surface area contributed by atoms with E-state index in [2.05, 4.69) is 48.5 Å². The predicted molar refractivity (Wildman–Crippen MR) is 127 cm³/mol. The summed E-state index contributed by atoms with van der Waals surface area (Å²) in [6, 6.07) is 30.5. The minimum atomic E-state index is 0.114. The average molecular weight is 437 g/mol. The molecule has 5 aromatic rings. The molecule has 0 bridgehead atoms. The maximum absolute atomic E-state index is 12.6. The van der Waals surface area contributed by atoms with Crippen molar-refractivity contribution in [1.29, 1.82) is 0 Å². The van der Waals surface area contributed by atoms with Gasteiger partial charge in [0, 0.05) is 12.5 Å². The van der Waals surface area contributed by atoms with Gasteiger partial charge in [0.1, 0.15) is 0 Å². The van der Waals surface area contributed by atoms with Gasteiger partial charge in [-0.1, -0.05) is 54.6 Å². The van der Waals surface area contributed by atoms with Crippen LogP contribution >= 0.6 is 11.3 Å². The third kappa shape index (κ3) is 4.43. The lowest BCUT2D eigenvalue weighted by atomic mass is 10.1. The molecule has 5 heteroatoms. The van der Waals surface area contributed by atoms with Crippen LogP contribution in [0.25, 0.3) is 16.9 Å². The summed E-state index contributed by atoms with van der Waals surface area (Å²) in [6.07, 6.45) is 4.72. The Balaban J connectivity index is 1.51. The maximum atomic E-state index is 12.6. The van der Waals surface area contributed by atoms with Crippen molar-refractivity contribution in [3.05, 3.63) is 125 Å². The second-order valence-corrected chi connectivity index (χ2v) is 8.54. The van der Waals surface area contributed by atoms with E-state index in [9.17, 15) is 4.79 Å². The van der Waals surface area contributed by atoms with Crippen molar-refractivity contribution < 1.29 is 9.36 Å². The summed E-state index contributed by atoms with van der Waals surface area (Å²) in [7, 11) is 0. The fraction of sp³-hybridized carbons (Fsp3) is 0.0741. The Labute approximate surface area is 191 Å². The highest BCUT2D eigenvalue weighted by molar-refractivity contribution is 7.12. The Morgan fingerprint density at radius 2 is 1.69 bits per heavy atom. The number of rotatable bonds is 7. The molecule has 0 saturated heterocycles. The molecule has 0 N–H and O–H groups in total. The van der Waals surface area contributed by atoms with Crippen LogP contribution < -0.4 is 4.57 Å². The van der Waals surface area contributed by atoms with E-state index in [4.69, 9.17) is 5.10 Å². The molecule has 5 rings (SSSR count). The molecule has 2 aromatic carbocycles. The van der Waals surface area contributed by atoms with E-state index in [0.29, 0.717) is 6.54 Å². The zero-order chi connectivity index (χ0) is 21.8. The fourth-order valence-electron chi connectivity index (χ4n) is 3.75. The molecule has 0 aliphatic heterocycles. The maximum Gasteiger partial charge on any atom is 0.237 e. The number of hydrogen-bond donors (Lipinski definition) is 0. The van der Waals surface area contributed by atoms with Crippen LogP contribution in [0.3, 0.4) is 0 Å². The molecular formula is C27H22N3OS+. The minimum absolute atomic E-state index is 0.114. The van der Waals surface area contributed by atoms with Crippen LogP contribution in [0.2, 0.25) is 0 Å². The highest BCUT2D eigenvalue weighted by Gasteiger charge is 2.17. The Bertz CT molecular complexity index is 1330. The van der Waals surface area contributed by atoms with Crippen LogP contribution in [0.1, 0.15) is 20.9 Å². The van der Waals surface area contributed by atoms with Gasteiger partial charge in [0.15, 0.2) is 12.4 Å². The Morgan fingerprint density at radius 3 is 2.44 bits per heavy atom. The normalized spacial score (nSPS) is 10.9. The number of nitrogens with zero attached hydrogens (tertiary/aromatic N) is 3. The third-order valence-corrected chi connectivity index (χ3v) is 6.18. The number of carbonyl (C=O) groups excluding carboxylic acids is 1. The van der Waals surface area contributed by atoms with Crippen molar-refractivity contribution >= 4 is 17.1 Å². The molecule has 3 aromatic heterocycles. The number of Topliss-reactive ketones (excluding diaryl/α,β-unsaturated/α-hetero) is 1. The van der Waals surface area contributed by atoms with E-state index < -0.39 is 0 Å². The monoisotopic (exact) mass is 436 g/mol. The lowest BCUT2D eigenvalue weighted by Crippen LogP contribution is -2.37. The summed E-state index contributed by atoms with van der Waals surface area (Å²) in [5.74, 6) is 0.114. The van der Waals surface area contributed by atoms with Crippen molar-refractivity contribution in [2.45, 2.75) is 13.0 Å². The van der Waals surface area contributed by atoms with Gasteiger partial charge in [0.05, 0.1) is 27.5 Å². The molecule has 0 radical (unpaired) electrons.